The van der Waals surface area contributed by atoms with Gasteiger partial charge in [0.05, 0.1) is 17.2 Å². The van der Waals surface area contributed by atoms with Crippen LogP contribution in [-0.2, 0) is 4.74 Å². The number of non-ortho nitro benzene ring substituents is 1. The van der Waals surface area contributed by atoms with E-state index in [0.717, 1.165) is 24.7 Å². The molecule has 1 aromatic rings. The topological polar surface area (TPSA) is 64.7 Å². The summed E-state index contributed by atoms with van der Waals surface area (Å²) in [5.74, 6) is 2.40. The van der Waals surface area contributed by atoms with Crippen LogP contribution in [0.15, 0.2) is 29.3 Å². The number of benzene rings is 1. The molecule has 0 unspecified atom stereocenters. The highest BCUT2D eigenvalue weighted by Crippen LogP contribution is 2.25. The van der Waals surface area contributed by atoms with Gasteiger partial charge in [-0.25, -0.2) is 4.99 Å². The Morgan fingerprint density at radius 1 is 1.23 bits per heavy atom. The van der Waals surface area contributed by atoms with Crippen molar-refractivity contribution >= 4 is 35.7 Å². The SMILES string of the molecule is C[Si](C)(C)SCCC(=Nc1ccc([N+](=O)[O-])cc1)OCC1CCCCC1. The Morgan fingerprint density at radius 3 is 2.46 bits per heavy atom. The van der Waals surface area contributed by atoms with Crippen LogP contribution in [0.3, 0.4) is 0 Å². The van der Waals surface area contributed by atoms with E-state index in [1.807, 2.05) is 11.2 Å². The normalized spacial score (nSPS) is 16.5. The molecule has 0 radical (unpaired) electrons. The Balaban J connectivity index is 2.00. The highest BCUT2D eigenvalue weighted by atomic mass is 32.4. The molecule has 1 fully saturated rings. The lowest BCUT2D eigenvalue weighted by molar-refractivity contribution is -0.384. The molecule has 0 bridgehead atoms. The van der Waals surface area contributed by atoms with E-state index in [0.29, 0.717) is 11.6 Å². The molecule has 5 nitrogen and oxygen atoms in total. The average molecular weight is 395 g/mol. The Morgan fingerprint density at radius 2 is 1.88 bits per heavy atom. The van der Waals surface area contributed by atoms with Crippen molar-refractivity contribution in [3.05, 3.63) is 34.4 Å². The van der Waals surface area contributed by atoms with Crippen molar-refractivity contribution in [2.75, 3.05) is 12.4 Å². The molecule has 1 aromatic carbocycles. The second kappa shape index (κ2) is 10.1. The molecule has 1 aliphatic carbocycles. The first-order chi connectivity index (χ1) is 12.3. The number of rotatable bonds is 8. The van der Waals surface area contributed by atoms with Crippen LogP contribution >= 0.6 is 11.2 Å². The molecule has 144 valence electrons. The smallest absolute Gasteiger partial charge is 0.269 e. The lowest BCUT2D eigenvalue weighted by Gasteiger charge is -2.22. The number of nitro groups is 1. The number of hydrogen-bond acceptors (Lipinski definition) is 5. The summed E-state index contributed by atoms with van der Waals surface area (Å²) in [5.41, 5.74) is 0.801. The van der Waals surface area contributed by atoms with Crippen molar-refractivity contribution in [2.45, 2.75) is 58.2 Å². The Labute approximate surface area is 161 Å². The summed E-state index contributed by atoms with van der Waals surface area (Å²) < 4.78 is 6.10. The zero-order valence-electron chi connectivity index (χ0n) is 16.1. The summed E-state index contributed by atoms with van der Waals surface area (Å²) in [7, 11) is -1.16. The third kappa shape index (κ3) is 7.91. The molecular weight excluding hydrogens is 364 g/mol. The van der Waals surface area contributed by atoms with E-state index >= 15 is 0 Å². The van der Waals surface area contributed by atoms with Crippen LogP contribution in [0, 0.1) is 16.0 Å². The first-order valence-corrected chi connectivity index (χ1v) is 14.6. The predicted octanol–water partition coefficient (Wildman–Crippen LogP) is 6.18. The standard InChI is InChI=1S/C19H30N2O3SSi/c1-26(2,3)25-14-13-19(24-15-16-7-5-4-6-8-16)20-17-9-11-18(12-10-17)21(22)23/h9-12,16H,4-8,13-15H2,1-3H3. The summed E-state index contributed by atoms with van der Waals surface area (Å²) >= 11 is 2.03. The van der Waals surface area contributed by atoms with Crippen molar-refractivity contribution in [2.24, 2.45) is 10.9 Å². The molecule has 0 atom stereocenters. The van der Waals surface area contributed by atoms with Crippen molar-refractivity contribution in [3.8, 4) is 0 Å². The summed E-state index contributed by atoms with van der Waals surface area (Å²) in [6.45, 7) is 7.76. The molecule has 1 aliphatic rings. The van der Waals surface area contributed by atoms with Crippen LogP contribution in [0.1, 0.15) is 38.5 Å². The molecule has 1 saturated carbocycles. The highest BCUT2D eigenvalue weighted by Gasteiger charge is 2.17. The van der Waals surface area contributed by atoms with Crippen molar-refractivity contribution in [1.82, 2.24) is 0 Å². The maximum atomic E-state index is 10.8. The van der Waals surface area contributed by atoms with E-state index in [-0.39, 0.29) is 5.69 Å². The lowest BCUT2D eigenvalue weighted by Crippen LogP contribution is -2.19. The second-order valence-electron chi connectivity index (χ2n) is 7.80. The maximum absolute atomic E-state index is 10.8. The van der Waals surface area contributed by atoms with Gasteiger partial charge >= 0.3 is 0 Å². The minimum absolute atomic E-state index is 0.0860. The molecule has 0 spiro atoms. The maximum Gasteiger partial charge on any atom is 0.269 e. The van der Waals surface area contributed by atoms with Gasteiger partial charge in [0, 0.05) is 18.6 Å². The largest absolute Gasteiger partial charge is 0.480 e. The van der Waals surface area contributed by atoms with Gasteiger partial charge in [0.2, 0.25) is 0 Å². The predicted molar refractivity (Wildman–Crippen MR) is 113 cm³/mol. The molecule has 0 saturated heterocycles. The molecule has 0 N–H and O–H groups in total. The number of aliphatic imine (C=N–C) groups is 1. The zero-order valence-corrected chi connectivity index (χ0v) is 17.9. The van der Waals surface area contributed by atoms with Gasteiger partial charge in [0.1, 0.15) is 7.22 Å². The highest BCUT2D eigenvalue weighted by molar-refractivity contribution is 8.28. The van der Waals surface area contributed by atoms with Gasteiger partial charge in [-0.1, -0.05) is 38.9 Å². The number of ether oxygens (including phenoxy) is 1. The zero-order chi connectivity index (χ0) is 19.0. The third-order valence-electron chi connectivity index (χ3n) is 4.38. The monoisotopic (exact) mass is 394 g/mol. The Kier molecular flexibility index (Phi) is 8.15. The summed E-state index contributed by atoms with van der Waals surface area (Å²) in [6.07, 6.45) is 7.23. The van der Waals surface area contributed by atoms with E-state index in [4.69, 9.17) is 4.74 Å². The number of nitrogens with zero attached hydrogens (tertiary/aromatic N) is 2. The average Bonchev–Trinajstić information content (AvgIpc) is 2.60. The van der Waals surface area contributed by atoms with E-state index in [1.54, 1.807) is 12.1 Å². The minimum atomic E-state index is -1.16. The van der Waals surface area contributed by atoms with E-state index in [2.05, 4.69) is 24.6 Å². The van der Waals surface area contributed by atoms with Crippen molar-refractivity contribution in [1.29, 1.82) is 0 Å². The first-order valence-electron chi connectivity index (χ1n) is 9.42. The van der Waals surface area contributed by atoms with Crippen molar-refractivity contribution in [3.63, 3.8) is 0 Å². The van der Waals surface area contributed by atoms with E-state index in [9.17, 15) is 10.1 Å². The fourth-order valence-corrected chi connectivity index (χ4v) is 6.00. The second-order valence-corrected chi connectivity index (χ2v) is 17.3. The van der Waals surface area contributed by atoms with Crippen LogP contribution in [0.5, 0.6) is 0 Å². The van der Waals surface area contributed by atoms with Gasteiger partial charge in [-0.15, -0.1) is 0 Å². The van der Waals surface area contributed by atoms with Gasteiger partial charge in [-0.05, 0) is 36.6 Å². The molecule has 0 aromatic heterocycles. The molecule has 2 rings (SSSR count). The number of nitro benzene ring substituents is 1. The number of hydrogen-bond donors (Lipinski definition) is 0. The summed E-state index contributed by atoms with van der Waals surface area (Å²) in [6, 6.07) is 6.37. The van der Waals surface area contributed by atoms with Gasteiger partial charge < -0.3 is 4.74 Å². The molecule has 7 heteroatoms. The summed E-state index contributed by atoms with van der Waals surface area (Å²) in [5, 5.41) is 10.8. The molecule has 0 amide bonds. The molecular formula is C19H30N2O3SSi. The summed E-state index contributed by atoms with van der Waals surface area (Å²) in [4.78, 5) is 15.0. The van der Waals surface area contributed by atoms with Crippen LogP contribution < -0.4 is 0 Å². The third-order valence-corrected chi connectivity index (χ3v) is 8.86. The van der Waals surface area contributed by atoms with Gasteiger partial charge in [0.15, 0.2) is 5.90 Å². The van der Waals surface area contributed by atoms with Crippen molar-refractivity contribution < 1.29 is 9.66 Å². The van der Waals surface area contributed by atoms with E-state index in [1.165, 1.54) is 44.2 Å². The quantitative estimate of drug-likeness (QED) is 0.174. The first kappa shape index (κ1) is 21.0. The molecule has 0 aliphatic heterocycles. The Bertz CT molecular complexity index is 608. The molecule has 26 heavy (non-hydrogen) atoms. The lowest BCUT2D eigenvalue weighted by atomic mass is 9.90. The van der Waals surface area contributed by atoms with Gasteiger partial charge in [-0.2, -0.15) is 11.2 Å². The van der Waals surface area contributed by atoms with Crippen LogP contribution in [0.4, 0.5) is 11.4 Å². The minimum Gasteiger partial charge on any atom is -0.480 e. The fourth-order valence-electron chi connectivity index (χ4n) is 2.97. The fraction of sp³-hybridized carbons (Fsp3) is 0.632. The van der Waals surface area contributed by atoms with Crippen LogP contribution in [0.25, 0.3) is 0 Å². The Hall–Kier alpha value is -1.34. The van der Waals surface area contributed by atoms with Crippen LogP contribution in [-0.4, -0.2) is 30.4 Å². The molecule has 0 heterocycles. The van der Waals surface area contributed by atoms with Crippen LogP contribution in [0.2, 0.25) is 19.6 Å². The van der Waals surface area contributed by atoms with Gasteiger partial charge in [0.25, 0.3) is 5.69 Å². The van der Waals surface area contributed by atoms with Gasteiger partial charge in [-0.3, -0.25) is 10.1 Å². The van der Waals surface area contributed by atoms with E-state index < -0.39 is 12.1 Å².